The normalized spacial score (nSPS) is 19.3. The van der Waals surface area contributed by atoms with E-state index < -0.39 is 10.0 Å². The topological polar surface area (TPSA) is 37.4 Å². The van der Waals surface area contributed by atoms with E-state index in [4.69, 9.17) is 11.6 Å². The monoisotopic (exact) mass is 253 g/mol. The van der Waals surface area contributed by atoms with Gasteiger partial charge in [0.1, 0.15) is 0 Å². The predicted molar refractivity (Wildman–Crippen MR) is 63.7 cm³/mol. The SMILES string of the molecule is CC(C)N(CCCl)S(=O)(=O)C1CCCC1. The van der Waals surface area contributed by atoms with Crippen molar-refractivity contribution in [2.45, 2.75) is 50.8 Å². The van der Waals surface area contributed by atoms with E-state index in [1.165, 1.54) is 0 Å². The third-order valence-corrected chi connectivity index (χ3v) is 5.67. The van der Waals surface area contributed by atoms with Crippen molar-refractivity contribution in [2.75, 3.05) is 12.4 Å². The number of hydrogen-bond donors (Lipinski definition) is 0. The highest BCUT2D eigenvalue weighted by Crippen LogP contribution is 2.27. The minimum absolute atomic E-state index is 0.00866. The summed E-state index contributed by atoms with van der Waals surface area (Å²) in [6, 6.07) is 0.00866. The summed E-state index contributed by atoms with van der Waals surface area (Å²) < 4.78 is 26.0. The molecule has 1 aliphatic rings. The Labute approximate surface area is 97.8 Å². The predicted octanol–water partition coefficient (Wildman–Crippen LogP) is 2.21. The van der Waals surface area contributed by atoms with Crippen LogP contribution in [0.2, 0.25) is 0 Å². The van der Waals surface area contributed by atoms with Crippen LogP contribution < -0.4 is 0 Å². The van der Waals surface area contributed by atoms with Gasteiger partial charge in [0.25, 0.3) is 0 Å². The molecule has 5 heteroatoms. The van der Waals surface area contributed by atoms with Crippen LogP contribution in [0.3, 0.4) is 0 Å². The van der Waals surface area contributed by atoms with Gasteiger partial charge in [-0.25, -0.2) is 8.42 Å². The molecule has 0 amide bonds. The Morgan fingerprint density at radius 1 is 1.33 bits per heavy atom. The standard InChI is InChI=1S/C10H20ClNO2S/c1-9(2)12(8-7-11)15(13,14)10-5-3-4-6-10/h9-10H,3-8H2,1-2H3. The summed E-state index contributed by atoms with van der Waals surface area (Å²) >= 11 is 5.65. The minimum atomic E-state index is -3.11. The molecule has 90 valence electrons. The second kappa shape index (κ2) is 5.51. The third-order valence-electron chi connectivity index (χ3n) is 2.93. The van der Waals surface area contributed by atoms with E-state index >= 15 is 0 Å². The summed E-state index contributed by atoms with van der Waals surface area (Å²) in [6.07, 6.45) is 3.70. The van der Waals surface area contributed by atoms with E-state index in [0.29, 0.717) is 12.4 Å². The molecule has 0 atom stereocenters. The zero-order chi connectivity index (χ0) is 11.5. The largest absolute Gasteiger partial charge is 0.217 e. The van der Waals surface area contributed by atoms with Crippen LogP contribution in [-0.2, 0) is 10.0 Å². The van der Waals surface area contributed by atoms with Crippen molar-refractivity contribution in [1.82, 2.24) is 4.31 Å². The molecule has 0 aromatic heterocycles. The van der Waals surface area contributed by atoms with Gasteiger partial charge in [-0.2, -0.15) is 4.31 Å². The molecule has 0 spiro atoms. The quantitative estimate of drug-likeness (QED) is 0.705. The fourth-order valence-corrected chi connectivity index (χ4v) is 4.67. The van der Waals surface area contributed by atoms with Crippen molar-refractivity contribution in [1.29, 1.82) is 0 Å². The molecule has 1 aliphatic carbocycles. The van der Waals surface area contributed by atoms with Gasteiger partial charge < -0.3 is 0 Å². The molecule has 0 N–H and O–H groups in total. The summed E-state index contributed by atoms with van der Waals surface area (Å²) in [5.41, 5.74) is 0. The van der Waals surface area contributed by atoms with Gasteiger partial charge in [0.15, 0.2) is 0 Å². The lowest BCUT2D eigenvalue weighted by atomic mass is 10.4. The van der Waals surface area contributed by atoms with Gasteiger partial charge in [-0.15, -0.1) is 11.6 Å². The van der Waals surface area contributed by atoms with Crippen molar-refractivity contribution >= 4 is 21.6 Å². The van der Waals surface area contributed by atoms with Gasteiger partial charge in [0.05, 0.1) is 5.25 Å². The number of alkyl halides is 1. The Morgan fingerprint density at radius 3 is 2.27 bits per heavy atom. The highest BCUT2D eigenvalue weighted by Gasteiger charge is 2.34. The second-order valence-electron chi connectivity index (χ2n) is 4.34. The maximum atomic E-state index is 12.2. The maximum absolute atomic E-state index is 12.2. The lowest BCUT2D eigenvalue weighted by Crippen LogP contribution is -2.43. The molecule has 15 heavy (non-hydrogen) atoms. The molecular formula is C10H20ClNO2S. The van der Waals surface area contributed by atoms with Gasteiger partial charge in [-0.3, -0.25) is 0 Å². The summed E-state index contributed by atoms with van der Waals surface area (Å²) in [4.78, 5) is 0. The van der Waals surface area contributed by atoms with E-state index in [-0.39, 0.29) is 11.3 Å². The van der Waals surface area contributed by atoms with Crippen LogP contribution in [0.25, 0.3) is 0 Å². The number of halogens is 1. The smallest absolute Gasteiger partial charge is 0.212 e. The molecule has 0 unspecified atom stereocenters. The molecule has 0 saturated heterocycles. The molecule has 0 bridgehead atoms. The number of hydrogen-bond acceptors (Lipinski definition) is 2. The third kappa shape index (κ3) is 3.08. The molecule has 3 nitrogen and oxygen atoms in total. The maximum Gasteiger partial charge on any atom is 0.217 e. The van der Waals surface area contributed by atoms with Crippen molar-refractivity contribution in [3.05, 3.63) is 0 Å². The first-order valence-corrected chi connectivity index (χ1v) is 7.60. The highest BCUT2D eigenvalue weighted by atomic mass is 35.5. The zero-order valence-electron chi connectivity index (χ0n) is 9.45. The van der Waals surface area contributed by atoms with Gasteiger partial charge in [-0.05, 0) is 26.7 Å². The molecule has 1 fully saturated rings. The Balaban J connectivity index is 2.80. The van der Waals surface area contributed by atoms with Crippen molar-refractivity contribution < 1.29 is 8.42 Å². The Hall–Kier alpha value is 0.200. The van der Waals surface area contributed by atoms with Crippen LogP contribution in [-0.4, -0.2) is 36.4 Å². The minimum Gasteiger partial charge on any atom is -0.212 e. The lowest BCUT2D eigenvalue weighted by Gasteiger charge is -2.28. The van der Waals surface area contributed by atoms with Crippen LogP contribution in [0.4, 0.5) is 0 Å². The van der Waals surface area contributed by atoms with E-state index in [2.05, 4.69) is 0 Å². The van der Waals surface area contributed by atoms with Crippen LogP contribution in [0.5, 0.6) is 0 Å². The summed E-state index contributed by atoms with van der Waals surface area (Å²) in [7, 11) is -3.11. The fourth-order valence-electron chi connectivity index (χ4n) is 2.14. The summed E-state index contributed by atoms with van der Waals surface area (Å²) in [6.45, 7) is 4.23. The van der Waals surface area contributed by atoms with Crippen molar-refractivity contribution in [3.8, 4) is 0 Å². The highest BCUT2D eigenvalue weighted by molar-refractivity contribution is 7.89. The number of rotatable bonds is 5. The van der Waals surface area contributed by atoms with E-state index in [0.717, 1.165) is 25.7 Å². The lowest BCUT2D eigenvalue weighted by molar-refractivity contribution is 0.364. The Morgan fingerprint density at radius 2 is 1.87 bits per heavy atom. The fraction of sp³-hybridized carbons (Fsp3) is 1.00. The number of sulfonamides is 1. The van der Waals surface area contributed by atoms with Crippen molar-refractivity contribution in [2.24, 2.45) is 0 Å². The molecule has 0 radical (unpaired) electrons. The molecule has 1 rings (SSSR count). The van der Waals surface area contributed by atoms with Crippen molar-refractivity contribution in [3.63, 3.8) is 0 Å². The van der Waals surface area contributed by atoms with E-state index in [1.807, 2.05) is 13.8 Å². The molecule has 1 saturated carbocycles. The van der Waals surface area contributed by atoms with Gasteiger partial charge in [0.2, 0.25) is 10.0 Å². The second-order valence-corrected chi connectivity index (χ2v) is 6.89. The molecule has 0 heterocycles. The van der Waals surface area contributed by atoms with E-state index in [9.17, 15) is 8.42 Å². The molecule has 0 aromatic rings. The van der Waals surface area contributed by atoms with Gasteiger partial charge in [0, 0.05) is 18.5 Å². The zero-order valence-corrected chi connectivity index (χ0v) is 11.0. The van der Waals surface area contributed by atoms with E-state index in [1.54, 1.807) is 4.31 Å². The number of nitrogens with zero attached hydrogens (tertiary/aromatic N) is 1. The first kappa shape index (κ1) is 13.3. The first-order valence-electron chi connectivity index (χ1n) is 5.56. The van der Waals surface area contributed by atoms with Crippen LogP contribution in [0.1, 0.15) is 39.5 Å². The molecular weight excluding hydrogens is 234 g/mol. The van der Waals surface area contributed by atoms with Crippen LogP contribution in [0.15, 0.2) is 0 Å². The molecule has 0 aromatic carbocycles. The van der Waals surface area contributed by atoms with Crippen LogP contribution in [0, 0.1) is 0 Å². The molecule has 0 aliphatic heterocycles. The van der Waals surface area contributed by atoms with Gasteiger partial charge in [-0.1, -0.05) is 12.8 Å². The first-order chi connectivity index (χ1) is 7.00. The van der Waals surface area contributed by atoms with Gasteiger partial charge >= 0.3 is 0 Å². The Kier molecular flexibility index (Phi) is 4.87. The van der Waals surface area contributed by atoms with Crippen LogP contribution >= 0.6 is 11.6 Å². The summed E-state index contributed by atoms with van der Waals surface area (Å²) in [5.74, 6) is 0.365. The summed E-state index contributed by atoms with van der Waals surface area (Å²) in [5, 5.41) is -0.164. The average Bonchev–Trinajstić information content (AvgIpc) is 2.66. The Bertz CT molecular complexity index is 284. The average molecular weight is 254 g/mol.